The summed E-state index contributed by atoms with van der Waals surface area (Å²) in [5.41, 5.74) is 4.50. The highest BCUT2D eigenvalue weighted by Gasteiger charge is 2.46. The highest BCUT2D eigenvalue weighted by atomic mass is 19.4. The van der Waals surface area contributed by atoms with Crippen molar-refractivity contribution in [2.45, 2.75) is 50.6 Å². The third-order valence-electron chi connectivity index (χ3n) is 8.26. The van der Waals surface area contributed by atoms with Gasteiger partial charge in [-0.05, 0) is 60.2 Å². The Morgan fingerprint density at radius 2 is 1.40 bits per heavy atom. The maximum Gasteiger partial charge on any atom is 0.471 e. The summed E-state index contributed by atoms with van der Waals surface area (Å²) in [5.74, 6) is -1.79. The van der Waals surface area contributed by atoms with Crippen molar-refractivity contribution in [2.24, 2.45) is 0 Å². The summed E-state index contributed by atoms with van der Waals surface area (Å²) in [6.45, 7) is 1.09. The van der Waals surface area contributed by atoms with Crippen LogP contribution in [0.15, 0.2) is 103 Å². The van der Waals surface area contributed by atoms with E-state index in [4.69, 9.17) is 0 Å². The van der Waals surface area contributed by atoms with Gasteiger partial charge in [0.1, 0.15) is 0 Å². The number of benzene rings is 3. The molecule has 2 atom stereocenters. The van der Waals surface area contributed by atoms with E-state index in [1.807, 2.05) is 78.9 Å². The van der Waals surface area contributed by atoms with Crippen LogP contribution < -0.4 is 0 Å². The van der Waals surface area contributed by atoms with Gasteiger partial charge in [-0.2, -0.15) is 13.2 Å². The van der Waals surface area contributed by atoms with Crippen molar-refractivity contribution in [3.8, 4) is 0 Å². The lowest BCUT2D eigenvalue weighted by atomic mass is 9.90. The van der Waals surface area contributed by atoms with Crippen molar-refractivity contribution in [3.63, 3.8) is 0 Å². The van der Waals surface area contributed by atoms with Gasteiger partial charge in [-0.25, -0.2) is 0 Å². The summed E-state index contributed by atoms with van der Waals surface area (Å²) in [6, 6.07) is 28.4. The Labute approximate surface area is 242 Å². The van der Waals surface area contributed by atoms with Crippen LogP contribution in [0.3, 0.4) is 0 Å². The van der Waals surface area contributed by atoms with Crippen molar-refractivity contribution in [1.82, 2.24) is 19.8 Å². The fourth-order valence-corrected chi connectivity index (χ4v) is 6.19. The smallest absolute Gasteiger partial charge is 0.327 e. The third kappa shape index (κ3) is 5.99. The number of pyridine rings is 2. The Bertz CT molecular complexity index is 1680. The highest BCUT2D eigenvalue weighted by molar-refractivity contribution is 5.85. The minimum absolute atomic E-state index is 0.0594. The van der Waals surface area contributed by atoms with Gasteiger partial charge in [0.25, 0.3) is 0 Å². The minimum Gasteiger partial charge on any atom is -0.327 e. The van der Waals surface area contributed by atoms with Crippen molar-refractivity contribution in [3.05, 3.63) is 120 Å². The van der Waals surface area contributed by atoms with E-state index in [2.05, 4.69) is 20.9 Å². The number of fused-ring (bicyclic) bond motifs is 2. The molecule has 0 aliphatic carbocycles. The monoisotopic (exact) mass is 568 g/mol. The molecule has 1 fully saturated rings. The quantitative estimate of drug-likeness (QED) is 0.213. The number of carbonyl (C=O) groups is 1. The summed E-state index contributed by atoms with van der Waals surface area (Å²) in [6.07, 6.45) is -0.0213. The molecule has 1 aliphatic rings. The summed E-state index contributed by atoms with van der Waals surface area (Å²) < 4.78 is 42.0. The molecule has 214 valence electrons. The van der Waals surface area contributed by atoms with Crippen LogP contribution in [0.2, 0.25) is 0 Å². The summed E-state index contributed by atoms with van der Waals surface area (Å²) in [7, 11) is 0. The number of hydrogen-bond acceptors (Lipinski definition) is 4. The van der Waals surface area contributed by atoms with Crippen LogP contribution in [0, 0.1) is 0 Å². The molecule has 5 nitrogen and oxygen atoms in total. The summed E-state index contributed by atoms with van der Waals surface area (Å²) in [5, 5.41) is 1.82. The molecule has 0 spiro atoms. The first kappa shape index (κ1) is 27.8. The molecular formula is C34H31F3N4O. The molecule has 6 rings (SSSR count). The number of carbonyl (C=O) groups excluding carboxylic acids is 1. The highest BCUT2D eigenvalue weighted by Crippen LogP contribution is 2.32. The van der Waals surface area contributed by atoms with E-state index in [9.17, 15) is 18.0 Å². The van der Waals surface area contributed by atoms with E-state index in [-0.39, 0.29) is 12.6 Å². The van der Waals surface area contributed by atoms with Crippen LogP contribution in [0.4, 0.5) is 13.2 Å². The molecule has 2 aromatic heterocycles. The molecule has 0 saturated carbocycles. The Balaban J connectivity index is 1.32. The van der Waals surface area contributed by atoms with E-state index >= 15 is 0 Å². The molecule has 5 aromatic rings. The van der Waals surface area contributed by atoms with E-state index in [1.165, 1.54) is 0 Å². The van der Waals surface area contributed by atoms with Gasteiger partial charge in [-0.3, -0.25) is 19.7 Å². The first-order chi connectivity index (χ1) is 20.4. The topological polar surface area (TPSA) is 49.3 Å². The largest absolute Gasteiger partial charge is 0.471 e. The molecule has 42 heavy (non-hydrogen) atoms. The lowest BCUT2D eigenvalue weighted by Gasteiger charge is -2.44. The zero-order chi connectivity index (χ0) is 29.1. The van der Waals surface area contributed by atoms with Gasteiger partial charge in [0.2, 0.25) is 0 Å². The average Bonchev–Trinajstić information content (AvgIpc) is 3.01. The maximum absolute atomic E-state index is 14.0. The zero-order valence-corrected chi connectivity index (χ0v) is 23.0. The predicted octanol–water partition coefficient (Wildman–Crippen LogP) is 6.95. The Morgan fingerprint density at radius 3 is 2.07 bits per heavy atom. The third-order valence-corrected chi connectivity index (χ3v) is 8.26. The van der Waals surface area contributed by atoms with E-state index in [0.717, 1.165) is 32.3 Å². The molecule has 0 radical (unpaired) electrons. The standard InChI is InChI=1S/C34H31F3N4O/c35-34(36,37)33(42)41(23-26-15-18-39-32-13-7-5-11-30(26)32)27-16-19-40(28(21-27)20-24-8-2-1-3-9-24)22-25-14-17-38-31-12-6-4-10-29(25)31/h1-15,17-18,27-28H,16,19-23H2. The number of piperidine rings is 1. The minimum atomic E-state index is -4.97. The second-order valence-corrected chi connectivity index (χ2v) is 10.9. The van der Waals surface area contributed by atoms with E-state index in [0.29, 0.717) is 43.4 Å². The van der Waals surface area contributed by atoms with Crippen LogP contribution in [0.1, 0.15) is 29.5 Å². The van der Waals surface area contributed by atoms with Gasteiger partial charge in [-0.15, -0.1) is 0 Å². The number of aromatic nitrogens is 2. The molecule has 3 heterocycles. The number of para-hydroxylation sites is 2. The van der Waals surface area contributed by atoms with Gasteiger partial charge in [-0.1, -0.05) is 66.7 Å². The summed E-state index contributed by atoms with van der Waals surface area (Å²) in [4.78, 5) is 25.2. The number of rotatable bonds is 7. The fourth-order valence-electron chi connectivity index (χ4n) is 6.19. The number of halogens is 3. The van der Waals surface area contributed by atoms with Gasteiger partial charge in [0.15, 0.2) is 0 Å². The van der Waals surface area contributed by atoms with Crippen LogP contribution in [-0.2, 0) is 24.3 Å². The molecule has 0 N–H and O–H groups in total. The number of amides is 1. The number of alkyl halides is 3. The van der Waals surface area contributed by atoms with Crippen molar-refractivity contribution in [2.75, 3.05) is 6.54 Å². The predicted molar refractivity (Wildman–Crippen MR) is 157 cm³/mol. The van der Waals surface area contributed by atoms with Crippen LogP contribution in [0.25, 0.3) is 21.8 Å². The molecule has 0 bridgehead atoms. The molecule has 1 amide bonds. The maximum atomic E-state index is 14.0. The van der Waals surface area contributed by atoms with E-state index in [1.54, 1.807) is 18.5 Å². The zero-order valence-electron chi connectivity index (χ0n) is 23.0. The molecule has 8 heteroatoms. The number of hydrogen-bond donors (Lipinski definition) is 0. The van der Waals surface area contributed by atoms with Crippen LogP contribution in [0.5, 0.6) is 0 Å². The molecular weight excluding hydrogens is 537 g/mol. The van der Waals surface area contributed by atoms with Crippen molar-refractivity contribution >= 4 is 27.7 Å². The first-order valence-corrected chi connectivity index (χ1v) is 14.2. The Kier molecular flexibility index (Phi) is 7.89. The van der Waals surface area contributed by atoms with Gasteiger partial charge in [0.05, 0.1) is 11.0 Å². The summed E-state index contributed by atoms with van der Waals surface area (Å²) >= 11 is 0. The van der Waals surface area contributed by atoms with Crippen LogP contribution in [-0.4, -0.2) is 50.5 Å². The molecule has 1 saturated heterocycles. The second kappa shape index (κ2) is 11.9. The van der Waals surface area contributed by atoms with Gasteiger partial charge >= 0.3 is 12.1 Å². The van der Waals surface area contributed by atoms with Gasteiger partial charge in [0, 0.05) is 54.9 Å². The van der Waals surface area contributed by atoms with Crippen LogP contribution >= 0.6 is 0 Å². The lowest BCUT2D eigenvalue weighted by molar-refractivity contribution is -0.190. The van der Waals surface area contributed by atoms with Crippen molar-refractivity contribution in [1.29, 1.82) is 0 Å². The second-order valence-electron chi connectivity index (χ2n) is 10.9. The fraction of sp³-hybridized carbons (Fsp3) is 0.265. The van der Waals surface area contributed by atoms with Gasteiger partial charge < -0.3 is 4.90 Å². The average molecular weight is 569 g/mol. The number of nitrogens with zero attached hydrogens (tertiary/aromatic N) is 4. The first-order valence-electron chi connectivity index (χ1n) is 14.2. The van der Waals surface area contributed by atoms with Crippen molar-refractivity contribution < 1.29 is 18.0 Å². The Hall–Kier alpha value is -4.30. The van der Waals surface area contributed by atoms with E-state index < -0.39 is 18.1 Å². The molecule has 3 aromatic carbocycles. The Morgan fingerprint density at radius 1 is 0.810 bits per heavy atom. The molecule has 2 unspecified atom stereocenters. The lowest BCUT2D eigenvalue weighted by Crippen LogP contribution is -2.54. The SMILES string of the molecule is O=C(N(Cc1ccnc2ccccc12)C1CCN(Cc2ccnc3ccccc23)C(Cc2ccccc2)C1)C(F)(F)F. The number of likely N-dealkylation sites (tertiary alicyclic amines) is 1. The molecule has 1 aliphatic heterocycles. The normalized spacial score (nSPS) is 17.9.